The van der Waals surface area contributed by atoms with Crippen molar-refractivity contribution in [2.45, 2.75) is 77.0 Å². The minimum Gasteiger partial charge on any atom is -0.370 e. The van der Waals surface area contributed by atoms with E-state index >= 15 is 4.39 Å². The predicted octanol–water partition coefficient (Wildman–Crippen LogP) is 6.16. The number of amides is 3. The highest BCUT2D eigenvalue weighted by Crippen LogP contribution is 2.48. The molecule has 4 heterocycles. The molecule has 8 rings (SSSR count). The molecular formula is C41H41FN6O5. The van der Waals surface area contributed by atoms with Crippen molar-refractivity contribution in [3.63, 3.8) is 0 Å². The average Bonchev–Trinajstić information content (AvgIpc) is 3.77. The smallest absolute Gasteiger partial charge is 0.255 e. The van der Waals surface area contributed by atoms with Gasteiger partial charge < -0.3 is 24.0 Å². The van der Waals surface area contributed by atoms with E-state index in [1.54, 1.807) is 6.07 Å². The number of carbonyl (C=O) groups excluding carboxylic acids is 3. The van der Waals surface area contributed by atoms with E-state index in [9.17, 15) is 19.6 Å². The summed E-state index contributed by atoms with van der Waals surface area (Å²) < 4.78 is 27.5. The molecular weight excluding hydrogens is 675 g/mol. The molecule has 1 unspecified atom stereocenters. The van der Waals surface area contributed by atoms with E-state index in [4.69, 9.17) is 9.26 Å². The first-order valence-electron chi connectivity index (χ1n) is 18.1. The second-order valence-corrected chi connectivity index (χ2v) is 15.1. The zero-order valence-corrected chi connectivity index (χ0v) is 30.3. The van der Waals surface area contributed by atoms with Crippen LogP contribution in [0.2, 0.25) is 0 Å². The second kappa shape index (κ2) is 12.8. The molecule has 1 N–H and O–H groups in total. The molecule has 1 aliphatic carbocycles. The Morgan fingerprint density at radius 1 is 1.08 bits per heavy atom. The third-order valence-corrected chi connectivity index (χ3v) is 11.3. The summed E-state index contributed by atoms with van der Waals surface area (Å²) in [7, 11) is 0. The van der Waals surface area contributed by atoms with Gasteiger partial charge in [-0.1, -0.05) is 29.4 Å². The number of nitriles is 1. The van der Waals surface area contributed by atoms with Gasteiger partial charge in [0, 0.05) is 55.1 Å². The van der Waals surface area contributed by atoms with Crippen LogP contribution in [0, 0.1) is 37.9 Å². The lowest BCUT2D eigenvalue weighted by molar-refractivity contribution is -0.136. The van der Waals surface area contributed by atoms with E-state index in [2.05, 4.69) is 70.8 Å². The Hall–Kier alpha value is -5.54. The third kappa shape index (κ3) is 6.12. The standard InChI is InChI=1S/C41H41FN6O5/c1-24-5-6-27(37-25(2)45-53-26(37)3)18-34(24)47(30-9-7-29(8-10-30)41(21-43)13-14-41)15-16-52-40(4)22-46(23-40)35-19-31-28(17-32(35)42)20-48(39(31)51)33-11-12-36(49)44-38(33)50/h5-10,17-19,33H,11-16,20,22-23H2,1-4H3,(H,44,49,50). The molecule has 0 radical (unpaired) electrons. The monoisotopic (exact) mass is 716 g/mol. The Balaban J connectivity index is 0.981. The van der Waals surface area contributed by atoms with Crippen molar-refractivity contribution in [2.24, 2.45) is 0 Å². The maximum atomic E-state index is 15.5. The number of imide groups is 1. The number of ether oxygens (including phenoxy) is 1. The highest BCUT2D eigenvalue weighted by Gasteiger charge is 2.45. The summed E-state index contributed by atoms with van der Waals surface area (Å²) in [5.74, 6) is -0.869. The fourth-order valence-corrected chi connectivity index (χ4v) is 8.11. The van der Waals surface area contributed by atoms with Crippen LogP contribution in [0.5, 0.6) is 0 Å². The number of rotatable bonds is 10. The van der Waals surface area contributed by atoms with Crippen molar-refractivity contribution in [2.75, 3.05) is 36.0 Å². The summed E-state index contributed by atoms with van der Waals surface area (Å²) in [5, 5.41) is 16.2. The lowest BCUT2D eigenvalue weighted by atomic mass is 9.94. The molecule has 1 saturated carbocycles. The van der Waals surface area contributed by atoms with Gasteiger partial charge in [0.1, 0.15) is 23.2 Å². The van der Waals surface area contributed by atoms with E-state index in [-0.39, 0.29) is 36.6 Å². The molecule has 4 aliphatic rings. The zero-order valence-electron chi connectivity index (χ0n) is 30.3. The van der Waals surface area contributed by atoms with Gasteiger partial charge in [-0.15, -0.1) is 0 Å². The van der Waals surface area contributed by atoms with Gasteiger partial charge in [0.05, 0.1) is 29.5 Å². The molecule has 2 saturated heterocycles. The van der Waals surface area contributed by atoms with Crippen molar-refractivity contribution in [3.05, 3.63) is 94.1 Å². The summed E-state index contributed by atoms with van der Waals surface area (Å²) in [6, 6.07) is 19.3. The van der Waals surface area contributed by atoms with Crippen molar-refractivity contribution >= 4 is 34.8 Å². The van der Waals surface area contributed by atoms with Gasteiger partial charge in [0.2, 0.25) is 11.8 Å². The molecule has 3 aliphatic heterocycles. The van der Waals surface area contributed by atoms with E-state index in [1.165, 1.54) is 11.0 Å². The quantitative estimate of drug-likeness (QED) is 0.192. The Labute approximate surface area is 307 Å². The number of fused-ring (bicyclic) bond motifs is 1. The summed E-state index contributed by atoms with van der Waals surface area (Å²) in [4.78, 5) is 43.0. The zero-order chi connectivity index (χ0) is 37.2. The van der Waals surface area contributed by atoms with Crippen LogP contribution >= 0.6 is 0 Å². The molecule has 3 aromatic carbocycles. The average molecular weight is 717 g/mol. The molecule has 53 heavy (non-hydrogen) atoms. The Bertz CT molecular complexity index is 2180. The van der Waals surface area contributed by atoms with Crippen LogP contribution in [0.25, 0.3) is 11.1 Å². The van der Waals surface area contributed by atoms with Gasteiger partial charge in [0.25, 0.3) is 5.91 Å². The van der Waals surface area contributed by atoms with Crippen LogP contribution in [0.1, 0.15) is 71.1 Å². The van der Waals surface area contributed by atoms with Gasteiger partial charge in [-0.05, 0) is 99.5 Å². The Morgan fingerprint density at radius 3 is 2.49 bits per heavy atom. The first kappa shape index (κ1) is 34.5. The van der Waals surface area contributed by atoms with E-state index in [1.807, 2.05) is 25.7 Å². The highest BCUT2D eigenvalue weighted by molar-refractivity contribution is 6.05. The molecule has 0 spiro atoms. The normalized spacial score (nSPS) is 19.8. The highest BCUT2D eigenvalue weighted by atomic mass is 19.1. The number of carbonyl (C=O) groups is 3. The van der Waals surface area contributed by atoms with Gasteiger partial charge in [0.15, 0.2) is 0 Å². The summed E-state index contributed by atoms with van der Waals surface area (Å²) >= 11 is 0. The largest absolute Gasteiger partial charge is 0.370 e. The van der Waals surface area contributed by atoms with Gasteiger partial charge in [-0.2, -0.15) is 5.26 Å². The molecule has 1 aromatic heterocycles. The molecule has 3 amide bonds. The number of benzene rings is 3. The number of halogens is 1. The first-order chi connectivity index (χ1) is 25.4. The van der Waals surface area contributed by atoms with Crippen LogP contribution in [0.15, 0.2) is 59.1 Å². The first-order valence-corrected chi connectivity index (χ1v) is 18.1. The van der Waals surface area contributed by atoms with Crippen LogP contribution in [0.3, 0.4) is 0 Å². The molecule has 11 nitrogen and oxygen atoms in total. The minimum atomic E-state index is -0.758. The predicted molar refractivity (Wildman–Crippen MR) is 195 cm³/mol. The minimum absolute atomic E-state index is 0.122. The van der Waals surface area contributed by atoms with E-state index in [0.29, 0.717) is 43.1 Å². The van der Waals surface area contributed by atoms with Gasteiger partial charge in [-0.25, -0.2) is 4.39 Å². The summed E-state index contributed by atoms with van der Waals surface area (Å²) in [6.07, 6.45) is 2.16. The van der Waals surface area contributed by atoms with Gasteiger partial charge >= 0.3 is 0 Å². The topological polar surface area (TPSA) is 132 Å². The van der Waals surface area contributed by atoms with Gasteiger partial charge in [-0.3, -0.25) is 19.7 Å². The van der Waals surface area contributed by atoms with Crippen LogP contribution in [0.4, 0.5) is 21.5 Å². The summed E-state index contributed by atoms with van der Waals surface area (Å²) in [6.45, 7) is 9.82. The molecule has 1 atom stereocenters. The SMILES string of the molecule is Cc1ccc(-c2c(C)noc2C)cc1N(CCOC1(C)CN(c2cc3c(cc2F)CN(C2CCC(=O)NC2=O)C3=O)C1)c1ccc(C2(C#N)CC2)cc1. The molecule has 12 heteroatoms. The fourth-order valence-electron chi connectivity index (χ4n) is 8.11. The van der Waals surface area contributed by atoms with Crippen molar-refractivity contribution in [1.29, 1.82) is 5.26 Å². The number of piperidine rings is 1. The summed E-state index contributed by atoms with van der Waals surface area (Å²) in [5.41, 5.74) is 7.18. The van der Waals surface area contributed by atoms with Crippen molar-refractivity contribution in [1.82, 2.24) is 15.4 Å². The molecule has 272 valence electrons. The number of aromatic nitrogens is 1. The van der Waals surface area contributed by atoms with Crippen LogP contribution in [-0.4, -0.2) is 65.7 Å². The maximum absolute atomic E-state index is 15.5. The number of hydrogen-bond donors (Lipinski definition) is 1. The molecule has 0 bridgehead atoms. The number of aryl methyl sites for hydroxylation is 3. The Morgan fingerprint density at radius 2 is 1.83 bits per heavy atom. The molecule has 4 aromatic rings. The Kier molecular flexibility index (Phi) is 8.37. The maximum Gasteiger partial charge on any atom is 0.255 e. The van der Waals surface area contributed by atoms with Crippen LogP contribution in [-0.2, 0) is 26.3 Å². The molecule has 3 fully saturated rings. The third-order valence-electron chi connectivity index (χ3n) is 11.3. The number of nitrogens with one attached hydrogen (secondary N) is 1. The lowest BCUT2D eigenvalue weighted by Gasteiger charge is -2.49. The van der Waals surface area contributed by atoms with E-state index in [0.717, 1.165) is 57.9 Å². The lowest BCUT2D eigenvalue weighted by Crippen LogP contribution is -2.62. The van der Waals surface area contributed by atoms with E-state index < -0.39 is 23.4 Å². The van der Waals surface area contributed by atoms with Crippen molar-refractivity contribution in [3.8, 4) is 17.2 Å². The van der Waals surface area contributed by atoms with Crippen molar-refractivity contribution < 1.29 is 28.0 Å². The second-order valence-electron chi connectivity index (χ2n) is 15.1. The fraction of sp³-hybridized carbons (Fsp3) is 0.390. The number of hydrogen-bond acceptors (Lipinski definition) is 9. The van der Waals surface area contributed by atoms with Crippen LogP contribution < -0.4 is 15.1 Å². The number of nitrogens with zero attached hydrogens (tertiary/aromatic N) is 5. The number of anilines is 3.